The molecule has 2 N–H and O–H groups in total. The second-order valence-electron chi connectivity index (χ2n) is 7.66. The summed E-state index contributed by atoms with van der Waals surface area (Å²) in [5.74, 6) is -0.0184. The molecule has 0 unspecified atom stereocenters. The molecule has 5 rings (SSSR count). The quantitative estimate of drug-likeness (QED) is 0.865. The lowest BCUT2D eigenvalue weighted by Crippen LogP contribution is -2.35. The Morgan fingerprint density at radius 1 is 1.33 bits per heavy atom. The van der Waals surface area contributed by atoms with E-state index in [1.54, 1.807) is 6.20 Å². The summed E-state index contributed by atoms with van der Waals surface area (Å²) >= 11 is 0. The lowest BCUT2D eigenvalue weighted by Gasteiger charge is -2.23. The number of amidine groups is 1. The van der Waals surface area contributed by atoms with Crippen molar-refractivity contribution < 1.29 is 19.4 Å². The van der Waals surface area contributed by atoms with Crippen LogP contribution in [0.2, 0.25) is 0 Å². The molecular formula is C20H21N3O4. The van der Waals surface area contributed by atoms with Crippen molar-refractivity contribution in [3.8, 4) is 0 Å². The van der Waals surface area contributed by atoms with Crippen molar-refractivity contribution in [2.75, 3.05) is 19.8 Å². The second kappa shape index (κ2) is 5.92. The fourth-order valence-corrected chi connectivity index (χ4v) is 4.50. The first-order valence-corrected chi connectivity index (χ1v) is 9.39. The number of nitrogens with zero attached hydrogens (tertiary/aromatic N) is 2. The van der Waals surface area contributed by atoms with Crippen LogP contribution in [0.25, 0.3) is 5.52 Å². The number of amides is 1. The van der Waals surface area contributed by atoms with E-state index < -0.39 is 11.4 Å². The lowest BCUT2D eigenvalue weighted by atomic mass is 9.89. The number of nitrogens with one attached hydrogen (secondary N) is 1. The monoisotopic (exact) mass is 367 g/mol. The number of carboxylic acids is 1. The maximum Gasteiger partial charge on any atom is 0.337 e. The van der Waals surface area contributed by atoms with Gasteiger partial charge in [0.2, 0.25) is 5.91 Å². The Kier molecular flexibility index (Phi) is 3.62. The molecule has 1 saturated carbocycles. The normalized spacial score (nSPS) is 21.9. The summed E-state index contributed by atoms with van der Waals surface area (Å²) in [6.45, 7) is 1.65. The highest BCUT2D eigenvalue weighted by Gasteiger charge is 2.54. The van der Waals surface area contributed by atoms with Crippen LogP contribution in [0.4, 0.5) is 0 Å². The third kappa shape index (κ3) is 2.56. The van der Waals surface area contributed by atoms with Crippen LogP contribution in [0.15, 0.2) is 29.5 Å². The molecule has 1 aliphatic carbocycles. The molecule has 0 aromatic carbocycles. The fraction of sp³-hybridized carbons (Fsp3) is 0.450. The average molecular weight is 367 g/mol. The third-order valence-corrected chi connectivity index (χ3v) is 6.05. The highest BCUT2D eigenvalue weighted by Crippen LogP contribution is 2.52. The minimum atomic E-state index is -0.947. The summed E-state index contributed by atoms with van der Waals surface area (Å²) in [7, 11) is 0. The summed E-state index contributed by atoms with van der Waals surface area (Å²) < 4.78 is 7.36. The number of hydrogen-bond donors (Lipinski definition) is 2. The van der Waals surface area contributed by atoms with Gasteiger partial charge in [-0.15, -0.1) is 0 Å². The van der Waals surface area contributed by atoms with Gasteiger partial charge in [0.15, 0.2) is 0 Å². The molecule has 4 heterocycles. The molecule has 2 fully saturated rings. The number of aromatic carboxylic acids is 1. The zero-order chi connectivity index (χ0) is 18.6. The van der Waals surface area contributed by atoms with E-state index in [0.29, 0.717) is 17.3 Å². The Morgan fingerprint density at radius 3 is 2.74 bits per heavy atom. The standard InChI is InChI=1S/C20H21N3O4/c24-16-10-21-19(22-16)20(4-5-20)17-14(18(25)26)11-23-6-1-13(9-15(17)23)12-2-7-27-8-3-12/h1,6,9,11-12H,2-5,7-8,10H2,(H,25,26)(H,21,22,24). The van der Waals surface area contributed by atoms with Gasteiger partial charge in [0.25, 0.3) is 0 Å². The Bertz CT molecular complexity index is 981. The number of fused-ring (bicyclic) bond motifs is 1. The van der Waals surface area contributed by atoms with Crippen LogP contribution in [0.5, 0.6) is 0 Å². The van der Waals surface area contributed by atoms with Gasteiger partial charge < -0.3 is 19.6 Å². The summed E-state index contributed by atoms with van der Waals surface area (Å²) in [6.07, 6.45) is 7.18. The number of hydrogen-bond acceptors (Lipinski definition) is 4. The number of pyridine rings is 1. The molecule has 1 saturated heterocycles. The van der Waals surface area contributed by atoms with Gasteiger partial charge in [-0.2, -0.15) is 0 Å². The zero-order valence-corrected chi connectivity index (χ0v) is 14.9. The van der Waals surface area contributed by atoms with Crippen molar-refractivity contribution in [3.63, 3.8) is 0 Å². The Balaban J connectivity index is 1.66. The van der Waals surface area contributed by atoms with E-state index in [1.807, 2.05) is 10.6 Å². The van der Waals surface area contributed by atoms with Gasteiger partial charge >= 0.3 is 5.97 Å². The summed E-state index contributed by atoms with van der Waals surface area (Å²) in [5, 5.41) is 12.7. The van der Waals surface area contributed by atoms with Crippen LogP contribution >= 0.6 is 0 Å². The molecule has 1 amide bonds. The van der Waals surface area contributed by atoms with E-state index in [4.69, 9.17) is 4.74 Å². The Hall–Kier alpha value is -2.67. The second-order valence-corrected chi connectivity index (χ2v) is 7.66. The van der Waals surface area contributed by atoms with E-state index in [9.17, 15) is 14.7 Å². The van der Waals surface area contributed by atoms with Crippen LogP contribution in [-0.4, -0.2) is 47.0 Å². The number of aromatic nitrogens is 1. The average Bonchev–Trinajstić information content (AvgIpc) is 3.19. The van der Waals surface area contributed by atoms with Crippen molar-refractivity contribution in [3.05, 3.63) is 41.2 Å². The van der Waals surface area contributed by atoms with Gasteiger partial charge in [-0.05, 0) is 49.3 Å². The van der Waals surface area contributed by atoms with Crippen LogP contribution < -0.4 is 5.32 Å². The van der Waals surface area contributed by atoms with E-state index in [0.717, 1.165) is 50.0 Å². The van der Waals surface area contributed by atoms with Crippen molar-refractivity contribution >= 4 is 23.2 Å². The highest BCUT2D eigenvalue weighted by molar-refractivity contribution is 6.12. The summed E-state index contributed by atoms with van der Waals surface area (Å²) in [5.41, 5.74) is 2.71. The van der Waals surface area contributed by atoms with Gasteiger partial charge in [-0.1, -0.05) is 0 Å². The van der Waals surface area contributed by atoms with Crippen LogP contribution in [0.3, 0.4) is 0 Å². The smallest absolute Gasteiger partial charge is 0.337 e. The molecule has 0 radical (unpaired) electrons. The summed E-state index contributed by atoms with van der Waals surface area (Å²) in [6, 6.07) is 4.20. The molecule has 0 spiro atoms. The predicted molar refractivity (Wildman–Crippen MR) is 98.5 cm³/mol. The molecule has 27 heavy (non-hydrogen) atoms. The maximum absolute atomic E-state index is 12.0. The van der Waals surface area contributed by atoms with Gasteiger partial charge in [0, 0.05) is 31.2 Å². The number of carbonyl (C=O) groups is 2. The van der Waals surface area contributed by atoms with Gasteiger partial charge in [0.05, 0.1) is 16.5 Å². The minimum absolute atomic E-state index is 0.124. The topological polar surface area (TPSA) is 92.4 Å². The molecule has 7 heteroatoms. The SMILES string of the molecule is O=C1CN=C(C2(c3c(C(=O)O)cn4ccc(C5CCOCC5)cc34)CC2)N1. The molecule has 140 valence electrons. The van der Waals surface area contributed by atoms with Crippen LogP contribution in [0.1, 0.15) is 53.1 Å². The van der Waals surface area contributed by atoms with Crippen molar-refractivity contribution in [1.29, 1.82) is 0 Å². The number of aliphatic imine (C=N–C) groups is 1. The van der Waals surface area contributed by atoms with E-state index in [2.05, 4.69) is 22.4 Å². The number of rotatable bonds is 4. The molecule has 0 atom stereocenters. The van der Waals surface area contributed by atoms with E-state index >= 15 is 0 Å². The Morgan fingerprint density at radius 2 is 2.11 bits per heavy atom. The van der Waals surface area contributed by atoms with Gasteiger partial charge in [0.1, 0.15) is 12.4 Å². The van der Waals surface area contributed by atoms with E-state index in [-0.39, 0.29) is 12.5 Å². The van der Waals surface area contributed by atoms with Crippen molar-refractivity contribution in [2.24, 2.45) is 4.99 Å². The van der Waals surface area contributed by atoms with Crippen LogP contribution in [-0.2, 0) is 14.9 Å². The molecule has 7 nitrogen and oxygen atoms in total. The fourth-order valence-electron chi connectivity index (χ4n) is 4.50. The first-order chi connectivity index (χ1) is 13.1. The number of carbonyl (C=O) groups excluding carboxylic acids is 1. The number of carboxylic acid groups (broad SMARTS) is 1. The summed E-state index contributed by atoms with van der Waals surface area (Å²) in [4.78, 5) is 28.0. The molecule has 0 bridgehead atoms. The molecule has 2 aromatic rings. The minimum Gasteiger partial charge on any atom is -0.478 e. The maximum atomic E-state index is 12.0. The lowest BCUT2D eigenvalue weighted by molar-refractivity contribution is -0.117. The predicted octanol–water partition coefficient (Wildman–Crippen LogP) is 2.09. The first-order valence-electron chi connectivity index (χ1n) is 9.39. The van der Waals surface area contributed by atoms with Gasteiger partial charge in [-0.3, -0.25) is 9.79 Å². The van der Waals surface area contributed by atoms with Crippen molar-refractivity contribution in [1.82, 2.24) is 9.72 Å². The first kappa shape index (κ1) is 16.5. The molecule has 3 aliphatic rings. The largest absolute Gasteiger partial charge is 0.478 e. The van der Waals surface area contributed by atoms with Crippen LogP contribution in [0, 0.1) is 0 Å². The molecule has 2 aromatic heterocycles. The number of ether oxygens (including phenoxy) is 1. The third-order valence-electron chi connectivity index (χ3n) is 6.05. The molecular weight excluding hydrogens is 346 g/mol. The van der Waals surface area contributed by atoms with Gasteiger partial charge in [-0.25, -0.2) is 4.79 Å². The van der Waals surface area contributed by atoms with Crippen molar-refractivity contribution in [2.45, 2.75) is 37.0 Å². The zero-order valence-electron chi connectivity index (χ0n) is 14.9. The van der Waals surface area contributed by atoms with E-state index in [1.165, 1.54) is 5.56 Å². The Labute approximate surface area is 156 Å². The molecule has 2 aliphatic heterocycles. The highest BCUT2D eigenvalue weighted by atomic mass is 16.5.